The first-order valence-corrected chi connectivity index (χ1v) is 37.3. The molecule has 0 radical (unpaired) electrons. The molecule has 0 amide bonds. The van der Waals surface area contributed by atoms with Gasteiger partial charge in [0.1, 0.15) is 0 Å². The second-order valence-corrected chi connectivity index (χ2v) is 30.7. The first-order valence-electron chi connectivity index (χ1n) is 37.3. The molecule has 8 bridgehead atoms. The fourth-order valence-electron chi connectivity index (χ4n) is 22.3. The van der Waals surface area contributed by atoms with Crippen molar-refractivity contribution in [3.8, 4) is 77.9 Å². The van der Waals surface area contributed by atoms with Crippen molar-refractivity contribution < 1.29 is 0 Å². The molecule has 0 aromatic heterocycles. The largest absolute Gasteiger partial charge is 0.309 e. The van der Waals surface area contributed by atoms with Gasteiger partial charge in [-0.2, -0.15) is 0 Å². The molecule has 102 heavy (non-hydrogen) atoms. The number of rotatable bonds is 11. The van der Waals surface area contributed by atoms with Gasteiger partial charge >= 0.3 is 0 Å². The Bertz CT molecular complexity index is 5140. The molecular weight excluding hydrogens is 1230 g/mol. The van der Waals surface area contributed by atoms with Gasteiger partial charge in [-0.05, 0) is 244 Å². The minimum Gasteiger partial charge on any atom is -0.309 e. The zero-order chi connectivity index (χ0) is 65.9. The molecule has 2 heteroatoms. The van der Waals surface area contributed by atoms with E-state index >= 15 is 0 Å². The number of hydrogen-bond donors (Lipinski definition) is 0. The van der Waals surface area contributed by atoms with Gasteiger partial charge in [0, 0.05) is 44.5 Å². The summed E-state index contributed by atoms with van der Waals surface area (Å²) in [5.74, 6) is 6.62. The number of anilines is 6. The van der Waals surface area contributed by atoms with E-state index in [1.54, 1.807) is 22.3 Å². The minimum absolute atomic E-state index is 0. The van der Waals surface area contributed by atoms with Crippen molar-refractivity contribution in [2.45, 2.75) is 89.9 Å². The summed E-state index contributed by atoms with van der Waals surface area (Å²) in [6.45, 7) is 0. The van der Waals surface area contributed by atoms with Crippen LogP contribution >= 0.6 is 0 Å². The molecule has 8 fully saturated rings. The molecule has 13 aromatic rings. The second-order valence-electron chi connectivity index (χ2n) is 30.7. The van der Waals surface area contributed by atoms with Gasteiger partial charge < -0.3 is 9.80 Å². The van der Waals surface area contributed by atoms with E-state index in [4.69, 9.17) is 0 Å². The van der Waals surface area contributed by atoms with Crippen molar-refractivity contribution >= 4 is 34.1 Å². The lowest BCUT2D eigenvalue weighted by Crippen LogP contribution is -2.55. The molecule has 0 atom stereocenters. The van der Waals surface area contributed by atoms with Crippen LogP contribution in [0.25, 0.3) is 77.9 Å². The topological polar surface area (TPSA) is 6.48 Å². The molecule has 8 saturated carbocycles. The van der Waals surface area contributed by atoms with Crippen LogP contribution in [0.3, 0.4) is 0 Å². The van der Waals surface area contributed by atoms with E-state index < -0.39 is 0 Å². The number of benzene rings is 13. The Morgan fingerprint density at radius 3 is 0.892 bits per heavy atom. The number of hydrogen-bond acceptors (Lipinski definition) is 2. The molecule has 23 rings (SSSR count). The van der Waals surface area contributed by atoms with Crippen molar-refractivity contribution in [1.29, 1.82) is 0 Å². The first-order chi connectivity index (χ1) is 49.5. The highest BCUT2D eigenvalue weighted by Gasteiger charge is 2.63. The first kappa shape index (κ1) is 63.6. The van der Waals surface area contributed by atoms with E-state index in [0.29, 0.717) is 0 Å². The highest BCUT2D eigenvalue weighted by atomic mass is 15.2. The number of nitrogens with zero attached hydrogens (tertiary/aromatic N) is 2. The van der Waals surface area contributed by atoms with Gasteiger partial charge in [-0.1, -0.05) is 288 Å². The standard InChI is InChI=1S/C52H43N.C46H39N.2CH4/c1-4-13-37(14-5-1)39-23-26-44(27-24-39)53(49-28-25-41(38-15-6-2-7-16-38)34-46(49)40-17-8-3-9-18-40)50-22-12-21-48-51(50)45-19-10-11-20-47(45)52(48)42-30-35-29-36(32-42)33-43(52)31-35;1-3-12-33(13-4-1)34-22-24-38(25-23-34)47(43-20-10-8-16-39(43)35-14-5-2-6-15-35)44-21-11-19-42-45(44)40-17-7-9-18-41(40)46(42)36-27-31-26-32(29-36)30-37(46)28-31;;/h1-28,34-36,42-43H,29-33H2;1-25,31-32,36-37H,26-30H2;2*1H4. The predicted octanol–water partition coefficient (Wildman–Crippen LogP) is 27.4. The summed E-state index contributed by atoms with van der Waals surface area (Å²) in [5, 5.41) is 0. The minimum atomic E-state index is 0. The average molecular weight is 1320 g/mol. The Balaban J connectivity index is 0.000000144. The highest BCUT2D eigenvalue weighted by Crippen LogP contribution is 2.72. The Hall–Kier alpha value is -10.5. The van der Waals surface area contributed by atoms with Crippen LogP contribution in [0.5, 0.6) is 0 Å². The Morgan fingerprint density at radius 2 is 0.490 bits per heavy atom. The summed E-state index contributed by atoms with van der Waals surface area (Å²) in [6, 6.07) is 122. The lowest BCUT2D eigenvalue weighted by atomic mass is 9.43. The van der Waals surface area contributed by atoms with E-state index in [1.165, 1.54) is 176 Å². The van der Waals surface area contributed by atoms with Gasteiger partial charge in [0.25, 0.3) is 0 Å². The molecule has 0 saturated heterocycles. The third-order valence-corrected chi connectivity index (χ3v) is 25.7. The molecule has 10 aliphatic carbocycles. The molecule has 0 heterocycles. The van der Waals surface area contributed by atoms with Crippen LogP contribution in [0.4, 0.5) is 34.1 Å². The van der Waals surface area contributed by atoms with Crippen LogP contribution in [-0.4, -0.2) is 0 Å². The monoisotopic (exact) mass is 1320 g/mol. The zero-order valence-corrected chi connectivity index (χ0v) is 56.8. The van der Waals surface area contributed by atoms with Gasteiger partial charge in [-0.25, -0.2) is 0 Å². The third kappa shape index (κ3) is 10.1. The molecule has 0 N–H and O–H groups in total. The summed E-state index contributed by atoms with van der Waals surface area (Å²) in [7, 11) is 0. The summed E-state index contributed by atoms with van der Waals surface area (Å²) in [4.78, 5) is 5.14. The predicted molar refractivity (Wildman–Crippen MR) is 429 cm³/mol. The van der Waals surface area contributed by atoms with Gasteiger partial charge in [0.15, 0.2) is 0 Å². The zero-order valence-electron chi connectivity index (χ0n) is 56.8. The summed E-state index contributed by atoms with van der Waals surface area (Å²) < 4.78 is 0. The van der Waals surface area contributed by atoms with Crippen LogP contribution in [0.2, 0.25) is 0 Å². The highest BCUT2D eigenvalue weighted by molar-refractivity contribution is 6.01. The number of para-hydroxylation sites is 1. The molecule has 500 valence electrons. The molecule has 0 aliphatic heterocycles. The molecule has 0 unspecified atom stereocenters. The summed E-state index contributed by atoms with van der Waals surface area (Å²) in [6.07, 6.45) is 14.1. The van der Waals surface area contributed by atoms with Crippen LogP contribution < -0.4 is 9.80 Å². The lowest BCUT2D eigenvalue weighted by molar-refractivity contribution is -0.0399. The molecule has 13 aromatic carbocycles. The van der Waals surface area contributed by atoms with E-state index in [-0.39, 0.29) is 25.7 Å². The quantitative estimate of drug-likeness (QED) is 0.127. The molecular formula is C100H90N2. The Kier molecular flexibility index (Phi) is 16.1. The van der Waals surface area contributed by atoms with Crippen LogP contribution in [0, 0.1) is 47.3 Å². The van der Waals surface area contributed by atoms with Gasteiger partial charge in [-0.15, -0.1) is 0 Å². The number of fused-ring (bicyclic) bond motifs is 6. The van der Waals surface area contributed by atoms with Gasteiger partial charge in [-0.3, -0.25) is 0 Å². The average Bonchev–Trinajstić information content (AvgIpc) is 1.50. The van der Waals surface area contributed by atoms with Crippen LogP contribution in [0.1, 0.15) is 101 Å². The van der Waals surface area contributed by atoms with Crippen LogP contribution in [-0.2, 0) is 10.8 Å². The molecule has 2 nitrogen and oxygen atoms in total. The summed E-state index contributed by atoms with van der Waals surface area (Å²) in [5.41, 5.74) is 32.1. The van der Waals surface area contributed by atoms with E-state index in [2.05, 4.69) is 337 Å². The molecule has 10 aliphatic rings. The van der Waals surface area contributed by atoms with Gasteiger partial charge in [0.2, 0.25) is 0 Å². The van der Waals surface area contributed by atoms with Crippen molar-refractivity contribution in [2.24, 2.45) is 47.3 Å². The van der Waals surface area contributed by atoms with Crippen molar-refractivity contribution in [1.82, 2.24) is 0 Å². The fraction of sp³-hybridized carbons (Fsp3) is 0.220. The summed E-state index contributed by atoms with van der Waals surface area (Å²) >= 11 is 0. The smallest absolute Gasteiger partial charge is 0.0543 e. The Labute approximate surface area is 605 Å². The SMILES string of the molecule is C.C.c1ccc(-c2ccc(N(c3ccc(-c4ccccc4)cc3-c3ccccc3)c3cccc4c3-c3ccccc3C43C4CC5CC(C4)CC3C5)cc2)cc1.c1ccc(-c2ccc(N(c3ccccc3-c3ccccc3)c3cccc4c3-c3ccccc3C43C4CC5CC(C4)CC3C5)cc2)cc1. The maximum Gasteiger partial charge on any atom is 0.0543 e. The second kappa shape index (κ2) is 25.8. The van der Waals surface area contributed by atoms with Crippen LogP contribution in [0.15, 0.2) is 328 Å². The Morgan fingerprint density at radius 1 is 0.206 bits per heavy atom. The lowest BCUT2D eigenvalue weighted by Gasteiger charge is -2.61. The van der Waals surface area contributed by atoms with Crippen molar-refractivity contribution in [3.05, 3.63) is 350 Å². The maximum atomic E-state index is 2.58. The normalized spacial score (nSPS) is 23.4. The van der Waals surface area contributed by atoms with Crippen molar-refractivity contribution in [2.75, 3.05) is 9.80 Å². The van der Waals surface area contributed by atoms with Gasteiger partial charge in [0.05, 0.1) is 22.7 Å². The van der Waals surface area contributed by atoms with E-state index in [0.717, 1.165) is 47.3 Å². The van der Waals surface area contributed by atoms with E-state index in [9.17, 15) is 0 Å². The van der Waals surface area contributed by atoms with E-state index in [1.807, 2.05) is 0 Å². The fourth-order valence-corrected chi connectivity index (χ4v) is 22.3. The maximum absolute atomic E-state index is 2.58. The third-order valence-electron chi connectivity index (χ3n) is 25.7. The van der Waals surface area contributed by atoms with Crippen molar-refractivity contribution in [3.63, 3.8) is 0 Å². The molecule has 2 spiro atoms.